The molecule has 0 bridgehead atoms. The molecule has 10 heteroatoms. The second-order valence-electron chi connectivity index (χ2n) is 7.51. The highest BCUT2D eigenvalue weighted by atomic mass is 16.5. The van der Waals surface area contributed by atoms with E-state index in [1.807, 2.05) is 18.2 Å². The molecule has 0 spiro atoms. The van der Waals surface area contributed by atoms with Crippen molar-refractivity contribution in [3.05, 3.63) is 60.1 Å². The van der Waals surface area contributed by atoms with Crippen molar-refractivity contribution in [3.8, 4) is 5.75 Å². The van der Waals surface area contributed by atoms with Crippen molar-refractivity contribution in [2.45, 2.75) is 25.8 Å². The highest BCUT2D eigenvalue weighted by Gasteiger charge is 2.21. The molecule has 0 fully saturated rings. The number of nitrogens with one attached hydrogen (secondary N) is 3. The van der Waals surface area contributed by atoms with E-state index >= 15 is 0 Å². The zero-order valence-corrected chi connectivity index (χ0v) is 17.8. The van der Waals surface area contributed by atoms with Crippen LogP contribution < -0.4 is 20.7 Å². The first kappa shape index (κ1) is 19.9. The van der Waals surface area contributed by atoms with Crippen LogP contribution in [0.4, 0.5) is 17.2 Å². The van der Waals surface area contributed by atoms with E-state index in [-0.39, 0.29) is 5.91 Å². The first-order valence-electron chi connectivity index (χ1n) is 10.4. The molecule has 4 aromatic rings. The summed E-state index contributed by atoms with van der Waals surface area (Å²) >= 11 is 0. The molecule has 1 amide bonds. The summed E-state index contributed by atoms with van der Waals surface area (Å²) in [6.07, 6.45) is 6.49. The van der Waals surface area contributed by atoms with Crippen molar-refractivity contribution in [1.29, 1.82) is 0 Å². The van der Waals surface area contributed by atoms with Crippen molar-refractivity contribution in [2.75, 3.05) is 24.3 Å². The number of anilines is 3. The van der Waals surface area contributed by atoms with Crippen LogP contribution in [0.25, 0.3) is 5.65 Å². The van der Waals surface area contributed by atoms with Gasteiger partial charge < -0.3 is 25.1 Å². The summed E-state index contributed by atoms with van der Waals surface area (Å²) in [6, 6.07) is 7.47. The molecule has 5 rings (SSSR count). The molecule has 10 nitrogen and oxygen atoms in total. The lowest BCUT2D eigenvalue weighted by Gasteiger charge is -2.21. The van der Waals surface area contributed by atoms with E-state index in [0.29, 0.717) is 29.7 Å². The maximum atomic E-state index is 12.9. The number of hydrogen-bond donors (Lipinski definition) is 3. The predicted octanol–water partition coefficient (Wildman–Crippen LogP) is 3.32. The molecule has 0 unspecified atom stereocenters. The second-order valence-corrected chi connectivity index (χ2v) is 7.51. The smallest absolute Gasteiger partial charge is 0.272 e. The Morgan fingerprint density at radius 3 is 2.97 bits per heavy atom. The zero-order chi connectivity index (χ0) is 22.1. The number of imidazole rings is 1. The number of amides is 1. The largest absolute Gasteiger partial charge is 0.491 e. The summed E-state index contributed by atoms with van der Waals surface area (Å²) < 4.78 is 12.7. The van der Waals surface area contributed by atoms with E-state index in [4.69, 9.17) is 9.15 Å². The van der Waals surface area contributed by atoms with Gasteiger partial charge in [-0.3, -0.25) is 4.79 Å². The van der Waals surface area contributed by atoms with Crippen LogP contribution in [0.2, 0.25) is 0 Å². The normalized spacial score (nSPS) is 13.8. The monoisotopic (exact) mass is 433 g/mol. The average molecular weight is 433 g/mol. The molecule has 3 N–H and O–H groups in total. The Morgan fingerprint density at radius 2 is 2.16 bits per heavy atom. The second kappa shape index (κ2) is 8.22. The number of aromatic nitrogens is 4. The molecule has 1 aliphatic heterocycles. The van der Waals surface area contributed by atoms with Crippen LogP contribution in [0.1, 0.15) is 41.3 Å². The van der Waals surface area contributed by atoms with Crippen LogP contribution in [0.15, 0.2) is 47.3 Å². The average Bonchev–Trinajstić information content (AvgIpc) is 3.49. The van der Waals surface area contributed by atoms with Gasteiger partial charge in [-0.1, -0.05) is 12.1 Å². The van der Waals surface area contributed by atoms with Gasteiger partial charge >= 0.3 is 0 Å². The fourth-order valence-corrected chi connectivity index (χ4v) is 3.77. The molecule has 0 saturated heterocycles. The van der Waals surface area contributed by atoms with Crippen LogP contribution >= 0.6 is 0 Å². The first-order chi connectivity index (χ1) is 15.6. The summed E-state index contributed by atoms with van der Waals surface area (Å²) in [5.41, 5.74) is 3.57. The number of hydrogen-bond acceptors (Lipinski definition) is 8. The molecule has 164 valence electrons. The molecule has 1 aromatic carbocycles. The van der Waals surface area contributed by atoms with Gasteiger partial charge in [0, 0.05) is 13.1 Å². The SMILES string of the molecule is CNc1cc(Nc2cccc3c2OCCC3)nn2c(C(=O)N[C@@H](C)c3ncco3)cnc12. The lowest BCUT2D eigenvalue weighted by molar-refractivity contribution is 0.0927. The van der Waals surface area contributed by atoms with Gasteiger partial charge in [0.25, 0.3) is 5.91 Å². The maximum absolute atomic E-state index is 12.9. The predicted molar refractivity (Wildman–Crippen MR) is 118 cm³/mol. The molecule has 32 heavy (non-hydrogen) atoms. The molecule has 1 aliphatic rings. The first-order valence-corrected chi connectivity index (χ1v) is 10.4. The van der Waals surface area contributed by atoms with Crippen LogP contribution in [0, 0.1) is 0 Å². The third-order valence-corrected chi connectivity index (χ3v) is 5.34. The highest BCUT2D eigenvalue weighted by Crippen LogP contribution is 2.35. The topological polar surface area (TPSA) is 119 Å². The Labute approximate surface area is 184 Å². The van der Waals surface area contributed by atoms with Gasteiger partial charge in [0.1, 0.15) is 18.1 Å². The highest BCUT2D eigenvalue weighted by molar-refractivity contribution is 5.94. The number of carbonyl (C=O) groups is 1. The van der Waals surface area contributed by atoms with E-state index in [9.17, 15) is 4.79 Å². The van der Waals surface area contributed by atoms with Crippen molar-refractivity contribution in [1.82, 2.24) is 24.9 Å². The number of aryl methyl sites for hydroxylation is 1. The minimum absolute atomic E-state index is 0.296. The number of fused-ring (bicyclic) bond motifs is 2. The van der Waals surface area contributed by atoms with Crippen molar-refractivity contribution in [2.24, 2.45) is 0 Å². The quantitative estimate of drug-likeness (QED) is 0.424. The molecular weight excluding hydrogens is 410 g/mol. The van der Waals surface area contributed by atoms with E-state index in [2.05, 4.69) is 37.1 Å². The van der Waals surface area contributed by atoms with Crippen LogP contribution in [-0.4, -0.2) is 39.1 Å². The third-order valence-electron chi connectivity index (χ3n) is 5.34. The van der Waals surface area contributed by atoms with Crippen LogP contribution in [-0.2, 0) is 6.42 Å². The van der Waals surface area contributed by atoms with Gasteiger partial charge in [-0.2, -0.15) is 0 Å². The number of oxazole rings is 1. The Bertz CT molecular complexity index is 1270. The van der Waals surface area contributed by atoms with Gasteiger partial charge in [-0.05, 0) is 31.4 Å². The van der Waals surface area contributed by atoms with E-state index < -0.39 is 6.04 Å². The number of carbonyl (C=O) groups excluding carboxylic acids is 1. The minimum atomic E-state index is -0.402. The fraction of sp³-hybridized carbons (Fsp3) is 0.273. The summed E-state index contributed by atoms with van der Waals surface area (Å²) in [6.45, 7) is 2.49. The summed E-state index contributed by atoms with van der Waals surface area (Å²) in [5.74, 6) is 1.48. The van der Waals surface area contributed by atoms with E-state index in [1.54, 1.807) is 14.0 Å². The number of nitrogens with zero attached hydrogens (tertiary/aromatic N) is 4. The summed E-state index contributed by atoms with van der Waals surface area (Å²) in [5, 5.41) is 14.0. The van der Waals surface area contributed by atoms with Crippen molar-refractivity contribution < 1.29 is 13.9 Å². The summed E-state index contributed by atoms with van der Waals surface area (Å²) in [4.78, 5) is 21.4. The fourth-order valence-electron chi connectivity index (χ4n) is 3.77. The lowest BCUT2D eigenvalue weighted by Crippen LogP contribution is -2.28. The molecule has 0 radical (unpaired) electrons. The molecule has 4 heterocycles. The van der Waals surface area contributed by atoms with Gasteiger partial charge in [0.15, 0.2) is 17.2 Å². The Kier molecular flexibility index (Phi) is 5.10. The zero-order valence-electron chi connectivity index (χ0n) is 17.8. The molecule has 3 aromatic heterocycles. The van der Waals surface area contributed by atoms with Crippen LogP contribution in [0.5, 0.6) is 5.75 Å². The Balaban J connectivity index is 1.48. The number of ether oxygens (including phenoxy) is 1. The van der Waals surface area contributed by atoms with Gasteiger partial charge in [-0.15, -0.1) is 5.10 Å². The Hall–Kier alpha value is -4.08. The number of rotatable bonds is 6. The third kappa shape index (κ3) is 3.59. The molecule has 0 aliphatic carbocycles. The maximum Gasteiger partial charge on any atom is 0.272 e. The molecular formula is C22H23N7O3. The van der Waals surface area contributed by atoms with E-state index in [1.165, 1.54) is 28.7 Å². The number of benzene rings is 1. The van der Waals surface area contributed by atoms with Crippen molar-refractivity contribution in [3.63, 3.8) is 0 Å². The standard InChI is InChI=1S/C22H23N7O3/c1-13(22-24-8-10-32-22)26-21(30)17-12-25-20-16(23-2)11-18(28-29(17)20)27-15-7-3-5-14-6-4-9-31-19(14)15/h3,5,7-8,10-13,23H,4,6,9H2,1-2H3,(H,26,30)(H,27,28)/t13-/m0/s1. The van der Waals surface area contributed by atoms with Gasteiger partial charge in [0.05, 0.1) is 30.4 Å². The molecule has 1 atom stereocenters. The Morgan fingerprint density at radius 1 is 1.25 bits per heavy atom. The van der Waals surface area contributed by atoms with E-state index in [0.717, 1.165) is 30.0 Å². The summed E-state index contributed by atoms with van der Waals surface area (Å²) in [7, 11) is 1.80. The van der Waals surface area contributed by atoms with Gasteiger partial charge in [0.2, 0.25) is 5.89 Å². The number of para-hydroxylation sites is 1. The minimum Gasteiger partial charge on any atom is -0.491 e. The van der Waals surface area contributed by atoms with Crippen molar-refractivity contribution >= 4 is 28.7 Å². The molecule has 0 saturated carbocycles. The van der Waals surface area contributed by atoms with Gasteiger partial charge in [-0.25, -0.2) is 14.5 Å². The lowest BCUT2D eigenvalue weighted by atomic mass is 10.1. The van der Waals surface area contributed by atoms with Crippen LogP contribution in [0.3, 0.4) is 0 Å².